The molecule has 0 radical (unpaired) electrons. The molecule has 1 aliphatic heterocycles. The van der Waals surface area contributed by atoms with Crippen LogP contribution >= 0.6 is 0 Å². The number of benzene rings is 2. The lowest BCUT2D eigenvalue weighted by molar-refractivity contribution is -0.139. The predicted molar refractivity (Wildman–Crippen MR) is 145 cm³/mol. The van der Waals surface area contributed by atoms with Gasteiger partial charge in [-0.2, -0.15) is 0 Å². The number of fused-ring (bicyclic) bond motifs is 1. The molecule has 0 fully saturated rings. The lowest BCUT2D eigenvalue weighted by Crippen LogP contribution is -2.51. The SMILES string of the molecule is CCCCNC(=O)[C@H](C)N(Cc1ccc(OC)cc1)C(=O)CN(c1ccc2c(c1)OCCO2)S(=O)(=O)CC. The van der Waals surface area contributed by atoms with E-state index in [-0.39, 0.29) is 23.9 Å². The van der Waals surface area contributed by atoms with E-state index in [1.54, 1.807) is 44.4 Å². The van der Waals surface area contributed by atoms with Gasteiger partial charge in [0.15, 0.2) is 11.5 Å². The fourth-order valence-corrected chi connectivity index (χ4v) is 5.01. The normalized spacial score (nSPS) is 13.4. The van der Waals surface area contributed by atoms with Crippen molar-refractivity contribution in [1.82, 2.24) is 10.2 Å². The van der Waals surface area contributed by atoms with Crippen LogP contribution in [0.1, 0.15) is 39.2 Å². The molecule has 0 aromatic heterocycles. The Morgan fingerprint density at radius 1 is 1.05 bits per heavy atom. The van der Waals surface area contributed by atoms with Gasteiger partial charge in [-0.25, -0.2) is 8.42 Å². The number of methoxy groups -OCH3 is 1. The Morgan fingerprint density at radius 3 is 2.37 bits per heavy atom. The average molecular weight is 548 g/mol. The Kier molecular flexibility index (Phi) is 10.2. The minimum Gasteiger partial charge on any atom is -0.497 e. The number of unbranched alkanes of at least 4 members (excludes halogenated alkanes) is 1. The maximum Gasteiger partial charge on any atom is 0.244 e. The van der Waals surface area contributed by atoms with Crippen LogP contribution in [-0.2, 0) is 26.2 Å². The molecule has 208 valence electrons. The van der Waals surface area contributed by atoms with Crippen LogP contribution in [0, 0.1) is 0 Å². The minimum absolute atomic E-state index is 0.117. The van der Waals surface area contributed by atoms with Crippen molar-refractivity contribution in [1.29, 1.82) is 0 Å². The molecular weight excluding hydrogens is 510 g/mol. The van der Waals surface area contributed by atoms with Gasteiger partial charge in [-0.15, -0.1) is 0 Å². The van der Waals surface area contributed by atoms with Crippen LogP contribution in [0.4, 0.5) is 5.69 Å². The highest BCUT2D eigenvalue weighted by Gasteiger charge is 2.31. The van der Waals surface area contributed by atoms with Gasteiger partial charge in [0.25, 0.3) is 0 Å². The molecule has 3 rings (SSSR count). The van der Waals surface area contributed by atoms with E-state index in [0.717, 1.165) is 22.7 Å². The van der Waals surface area contributed by atoms with Crippen molar-refractivity contribution in [3.05, 3.63) is 48.0 Å². The monoisotopic (exact) mass is 547 g/mol. The molecule has 10 nitrogen and oxygen atoms in total. The number of nitrogens with zero attached hydrogens (tertiary/aromatic N) is 2. The summed E-state index contributed by atoms with van der Waals surface area (Å²) < 4.78 is 43.7. The zero-order chi connectivity index (χ0) is 27.7. The molecule has 0 saturated carbocycles. The quantitative estimate of drug-likeness (QED) is 0.384. The van der Waals surface area contributed by atoms with E-state index in [0.29, 0.717) is 37.0 Å². The van der Waals surface area contributed by atoms with Crippen molar-refractivity contribution in [2.45, 2.75) is 46.2 Å². The number of carbonyl (C=O) groups is 2. The zero-order valence-electron chi connectivity index (χ0n) is 22.4. The molecule has 0 aliphatic carbocycles. The number of nitrogens with one attached hydrogen (secondary N) is 1. The van der Waals surface area contributed by atoms with Crippen LogP contribution in [0.25, 0.3) is 0 Å². The lowest BCUT2D eigenvalue weighted by atomic mass is 10.1. The second-order valence-electron chi connectivity index (χ2n) is 8.93. The highest BCUT2D eigenvalue weighted by atomic mass is 32.2. The first-order chi connectivity index (χ1) is 18.2. The molecule has 0 saturated heterocycles. The molecule has 1 heterocycles. The molecule has 2 aromatic carbocycles. The molecule has 38 heavy (non-hydrogen) atoms. The maximum atomic E-state index is 13.7. The van der Waals surface area contributed by atoms with Gasteiger partial charge in [0.05, 0.1) is 18.6 Å². The fraction of sp³-hybridized carbons (Fsp3) is 0.481. The van der Waals surface area contributed by atoms with Crippen LogP contribution in [0.15, 0.2) is 42.5 Å². The summed E-state index contributed by atoms with van der Waals surface area (Å²) in [5.74, 6) is 0.571. The summed E-state index contributed by atoms with van der Waals surface area (Å²) in [4.78, 5) is 28.1. The van der Waals surface area contributed by atoms with Crippen LogP contribution in [-0.4, -0.2) is 70.3 Å². The third-order valence-corrected chi connectivity index (χ3v) is 8.04. The summed E-state index contributed by atoms with van der Waals surface area (Å²) >= 11 is 0. The van der Waals surface area contributed by atoms with Crippen molar-refractivity contribution < 1.29 is 32.2 Å². The minimum atomic E-state index is -3.84. The molecule has 0 spiro atoms. The number of carbonyl (C=O) groups excluding carboxylic acids is 2. The van der Waals surface area contributed by atoms with Crippen LogP contribution in [0.2, 0.25) is 0 Å². The van der Waals surface area contributed by atoms with Crippen LogP contribution in [0.3, 0.4) is 0 Å². The molecule has 1 N–H and O–H groups in total. The summed E-state index contributed by atoms with van der Waals surface area (Å²) in [5.41, 5.74) is 1.06. The predicted octanol–water partition coefficient (Wildman–Crippen LogP) is 2.96. The molecule has 0 bridgehead atoms. The van der Waals surface area contributed by atoms with E-state index in [2.05, 4.69) is 5.32 Å². The summed E-state index contributed by atoms with van der Waals surface area (Å²) in [5, 5.41) is 2.87. The first-order valence-electron chi connectivity index (χ1n) is 12.8. The molecule has 1 aliphatic rings. The Balaban J connectivity index is 1.91. The average Bonchev–Trinajstić information content (AvgIpc) is 2.94. The lowest BCUT2D eigenvalue weighted by Gasteiger charge is -2.32. The fourth-order valence-electron chi connectivity index (χ4n) is 3.95. The van der Waals surface area contributed by atoms with E-state index in [1.807, 2.05) is 19.1 Å². The Bertz CT molecular complexity index is 1200. The third kappa shape index (κ3) is 7.31. The smallest absolute Gasteiger partial charge is 0.244 e. The van der Waals surface area contributed by atoms with Gasteiger partial charge >= 0.3 is 0 Å². The van der Waals surface area contributed by atoms with E-state index in [1.165, 1.54) is 11.8 Å². The highest BCUT2D eigenvalue weighted by molar-refractivity contribution is 7.92. The standard InChI is InChI=1S/C27H37N3O7S/c1-5-7-14-28-27(32)20(3)29(18-21-8-11-23(35-4)12-9-21)26(31)19-30(38(33,34)6-2)22-10-13-24-25(17-22)37-16-15-36-24/h8-13,17,20H,5-7,14-16,18-19H2,1-4H3,(H,28,32)/t20-/m0/s1. The molecule has 2 aromatic rings. The summed E-state index contributed by atoms with van der Waals surface area (Å²) in [6.07, 6.45) is 1.74. The highest BCUT2D eigenvalue weighted by Crippen LogP contribution is 2.35. The first kappa shape index (κ1) is 29.1. The molecule has 1 atom stereocenters. The number of anilines is 1. The van der Waals surface area contributed by atoms with Gasteiger partial charge in [0.1, 0.15) is 31.5 Å². The van der Waals surface area contributed by atoms with Crippen molar-refractivity contribution in [3.8, 4) is 17.2 Å². The van der Waals surface area contributed by atoms with E-state index < -0.39 is 28.5 Å². The Hall–Kier alpha value is -3.47. The zero-order valence-corrected chi connectivity index (χ0v) is 23.3. The van der Waals surface area contributed by atoms with Crippen LogP contribution in [0.5, 0.6) is 17.2 Å². The molecule has 0 unspecified atom stereocenters. The van der Waals surface area contributed by atoms with Crippen molar-refractivity contribution in [2.75, 3.05) is 43.5 Å². The number of rotatable bonds is 13. The van der Waals surface area contributed by atoms with E-state index in [4.69, 9.17) is 14.2 Å². The topological polar surface area (TPSA) is 114 Å². The van der Waals surface area contributed by atoms with E-state index in [9.17, 15) is 18.0 Å². The Labute approximate surface area is 224 Å². The van der Waals surface area contributed by atoms with Gasteiger partial charge in [-0.1, -0.05) is 25.5 Å². The van der Waals surface area contributed by atoms with Gasteiger partial charge in [0, 0.05) is 19.2 Å². The number of sulfonamides is 1. The number of ether oxygens (including phenoxy) is 3. The Morgan fingerprint density at radius 2 is 1.74 bits per heavy atom. The maximum absolute atomic E-state index is 13.7. The second kappa shape index (κ2) is 13.4. The van der Waals surface area contributed by atoms with Crippen molar-refractivity contribution in [3.63, 3.8) is 0 Å². The van der Waals surface area contributed by atoms with Gasteiger partial charge in [0.2, 0.25) is 21.8 Å². The molecule has 2 amide bonds. The molecular formula is C27H37N3O7S. The third-order valence-electron chi connectivity index (χ3n) is 6.30. The molecule has 11 heteroatoms. The van der Waals surface area contributed by atoms with Gasteiger partial charge in [-0.05, 0) is 50.1 Å². The van der Waals surface area contributed by atoms with Gasteiger partial charge < -0.3 is 24.4 Å². The van der Waals surface area contributed by atoms with Crippen molar-refractivity contribution in [2.24, 2.45) is 0 Å². The summed E-state index contributed by atoms with van der Waals surface area (Å²) in [7, 11) is -2.28. The second-order valence-corrected chi connectivity index (χ2v) is 11.1. The van der Waals surface area contributed by atoms with Crippen LogP contribution < -0.4 is 23.8 Å². The van der Waals surface area contributed by atoms with E-state index >= 15 is 0 Å². The van der Waals surface area contributed by atoms with Crippen molar-refractivity contribution >= 4 is 27.5 Å². The first-order valence-corrected chi connectivity index (χ1v) is 14.4. The largest absolute Gasteiger partial charge is 0.497 e. The summed E-state index contributed by atoms with van der Waals surface area (Å²) in [6, 6.07) is 11.1. The number of amides is 2. The summed E-state index contributed by atoms with van der Waals surface area (Å²) in [6.45, 7) is 6.07. The number of hydrogen-bond donors (Lipinski definition) is 1. The van der Waals surface area contributed by atoms with Gasteiger partial charge in [-0.3, -0.25) is 13.9 Å². The number of hydrogen-bond acceptors (Lipinski definition) is 7.